The number of carbonyl (C=O) groups excluding carboxylic acids is 1. The monoisotopic (exact) mass is 399 g/mol. The highest BCUT2D eigenvalue weighted by Gasteiger charge is 2.34. The molecule has 2 aliphatic heterocycles. The molecule has 0 bridgehead atoms. The van der Waals surface area contributed by atoms with Gasteiger partial charge in [-0.15, -0.1) is 11.3 Å². The Hall–Kier alpha value is -0.960. The molecular formula is C18H29N3O3S2. The SMILES string of the molecule is CCc1cc(C(=O)N2CCN(S(=O)(=O)N3CCCCCC3)CC2)sc1C. The van der Waals surface area contributed by atoms with E-state index < -0.39 is 10.2 Å². The highest BCUT2D eigenvalue weighted by atomic mass is 32.2. The maximum absolute atomic E-state index is 12.9. The Morgan fingerprint density at radius 3 is 2.12 bits per heavy atom. The molecule has 2 saturated heterocycles. The highest BCUT2D eigenvalue weighted by molar-refractivity contribution is 7.86. The zero-order valence-corrected chi connectivity index (χ0v) is 17.4. The maximum Gasteiger partial charge on any atom is 0.282 e. The second-order valence-corrected chi connectivity index (χ2v) is 10.2. The van der Waals surface area contributed by atoms with Crippen LogP contribution in [0.25, 0.3) is 0 Å². The Labute approximate surface area is 161 Å². The van der Waals surface area contributed by atoms with E-state index in [0.717, 1.165) is 37.0 Å². The van der Waals surface area contributed by atoms with E-state index in [-0.39, 0.29) is 5.91 Å². The summed E-state index contributed by atoms with van der Waals surface area (Å²) in [4.78, 5) is 16.5. The van der Waals surface area contributed by atoms with Crippen LogP contribution in [0.4, 0.5) is 0 Å². The van der Waals surface area contributed by atoms with Crippen molar-refractivity contribution in [1.29, 1.82) is 0 Å². The first-order chi connectivity index (χ1) is 12.4. The summed E-state index contributed by atoms with van der Waals surface area (Å²) < 4.78 is 28.9. The van der Waals surface area contributed by atoms with E-state index in [4.69, 9.17) is 0 Å². The van der Waals surface area contributed by atoms with Gasteiger partial charge in [-0.3, -0.25) is 4.79 Å². The summed E-state index contributed by atoms with van der Waals surface area (Å²) in [6.07, 6.45) is 5.02. The molecule has 1 aromatic heterocycles. The fraction of sp³-hybridized carbons (Fsp3) is 0.722. The van der Waals surface area contributed by atoms with E-state index >= 15 is 0 Å². The quantitative estimate of drug-likeness (QED) is 0.782. The second-order valence-electron chi connectivity index (χ2n) is 7.06. The van der Waals surface area contributed by atoms with Gasteiger partial charge in [-0.2, -0.15) is 17.0 Å². The van der Waals surface area contributed by atoms with E-state index in [1.807, 2.05) is 13.0 Å². The molecule has 8 heteroatoms. The van der Waals surface area contributed by atoms with Gasteiger partial charge >= 0.3 is 0 Å². The third-order valence-electron chi connectivity index (χ3n) is 5.36. The van der Waals surface area contributed by atoms with Gasteiger partial charge in [0, 0.05) is 44.1 Å². The summed E-state index contributed by atoms with van der Waals surface area (Å²) in [5.74, 6) is 0.0321. The number of thiophene rings is 1. The van der Waals surface area contributed by atoms with Crippen molar-refractivity contribution in [2.45, 2.75) is 46.0 Å². The molecule has 2 fully saturated rings. The maximum atomic E-state index is 12.9. The molecule has 0 N–H and O–H groups in total. The molecule has 0 atom stereocenters. The lowest BCUT2D eigenvalue weighted by molar-refractivity contribution is 0.0699. The molecule has 26 heavy (non-hydrogen) atoms. The second kappa shape index (κ2) is 8.37. The number of nitrogens with zero attached hydrogens (tertiary/aromatic N) is 3. The van der Waals surface area contributed by atoms with Crippen LogP contribution in [0.3, 0.4) is 0 Å². The smallest absolute Gasteiger partial charge is 0.282 e. The van der Waals surface area contributed by atoms with E-state index in [0.29, 0.717) is 39.3 Å². The van der Waals surface area contributed by atoms with Gasteiger partial charge in [0.15, 0.2) is 0 Å². The Morgan fingerprint density at radius 1 is 1.00 bits per heavy atom. The summed E-state index contributed by atoms with van der Waals surface area (Å²) in [6, 6.07) is 1.99. The molecule has 0 unspecified atom stereocenters. The first kappa shape index (κ1) is 19.8. The van der Waals surface area contributed by atoms with Crippen molar-refractivity contribution >= 4 is 27.5 Å². The van der Waals surface area contributed by atoms with Crippen LogP contribution in [0.15, 0.2) is 6.07 Å². The molecule has 6 nitrogen and oxygen atoms in total. The number of amides is 1. The van der Waals surface area contributed by atoms with Crippen LogP contribution in [0.1, 0.15) is 52.7 Å². The standard InChI is InChI=1S/C18H29N3O3S2/c1-3-16-14-17(25-15(16)2)18(22)19-10-12-21(13-11-19)26(23,24)20-8-6-4-5-7-9-20/h14H,3-13H2,1-2H3. The fourth-order valence-electron chi connectivity index (χ4n) is 3.69. The van der Waals surface area contributed by atoms with Crippen LogP contribution in [0.5, 0.6) is 0 Å². The van der Waals surface area contributed by atoms with E-state index in [9.17, 15) is 13.2 Å². The molecule has 1 amide bonds. The number of hydrogen-bond donors (Lipinski definition) is 0. The number of hydrogen-bond acceptors (Lipinski definition) is 4. The third-order valence-corrected chi connectivity index (χ3v) is 8.47. The van der Waals surface area contributed by atoms with E-state index in [2.05, 4.69) is 6.92 Å². The molecule has 146 valence electrons. The summed E-state index contributed by atoms with van der Waals surface area (Å²) in [5.41, 5.74) is 1.22. The van der Waals surface area contributed by atoms with Crippen molar-refractivity contribution in [3.05, 3.63) is 21.4 Å². The van der Waals surface area contributed by atoms with Gasteiger partial charge in [-0.05, 0) is 37.8 Å². The molecular weight excluding hydrogens is 370 g/mol. The normalized spacial score (nSPS) is 20.9. The molecule has 0 radical (unpaired) electrons. The van der Waals surface area contributed by atoms with Gasteiger partial charge < -0.3 is 4.90 Å². The van der Waals surface area contributed by atoms with Crippen molar-refractivity contribution in [3.63, 3.8) is 0 Å². The topological polar surface area (TPSA) is 60.9 Å². The third kappa shape index (κ3) is 4.13. The Morgan fingerprint density at radius 2 is 1.58 bits per heavy atom. The average Bonchev–Trinajstić information content (AvgIpc) is 2.85. The molecule has 1 aromatic rings. The Bertz CT molecular complexity index is 729. The van der Waals surface area contributed by atoms with Crippen molar-refractivity contribution in [3.8, 4) is 0 Å². The van der Waals surface area contributed by atoms with Crippen molar-refractivity contribution in [2.24, 2.45) is 0 Å². The Kier molecular flexibility index (Phi) is 6.37. The molecule has 0 aromatic carbocycles. The summed E-state index contributed by atoms with van der Waals surface area (Å²) in [7, 11) is -3.40. The number of carbonyl (C=O) groups is 1. The predicted molar refractivity (Wildman–Crippen MR) is 105 cm³/mol. The molecule has 3 rings (SSSR count). The lowest BCUT2D eigenvalue weighted by Gasteiger charge is -2.36. The van der Waals surface area contributed by atoms with Crippen LogP contribution in [-0.2, 0) is 16.6 Å². The number of piperazine rings is 1. The molecule has 0 aliphatic carbocycles. The lowest BCUT2D eigenvalue weighted by Crippen LogP contribution is -2.54. The highest BCUT2D eigenvalue weighted by Crippen LogP contribution is 2.24. The van der Waals surface area contributed by atoms with E-state index in [1.54, 1.807) is 24.8 Å². The number of rotatable bonds is 4. The number of aryl methyl sites for hydroxylation is 2. The van der Waals surface area contributed by atoms with Gasteiger partial charge in [-0.25, -0.2) is 0 Å². The average molecular weight is 400 g/mol. The summed E-state index contributed by atoms with van der Waals surface area (Å²) >= 11 is 1.54. The largest absolute Gasteiger partial charge is 0.335 e. The minimum atomic E-state index is -3.40. The minimum absolute atomic E-state index is 0.0321. The zero-order chi connectivity index (χ0) is 18.7. The van der Waals surface area contributed by atoms with Gasteiger partial charge in [0.2, 0.25) is 0 Å². The van der Waals surface area contributed by atoms with Crippen LogP contribution >= 0.6 is 11.3 Å². The zero-order valence-electron chi connectivity index (χ0n) is 15.7. The van der Waals surface area contributed by atoms with Gasteiger partial charge in [0.1, 0.15) is 0 Å². The molecule has 2 aliphatic rings. The van der Waals surface area contributed by atoms with Crippen LogP contribution in [0.2, 0.25) is 0 Å². The van der Waals surface area contributed by atoms with Crippen LogP contribution < -0.4 is 0 Å². The molecule has 0 spiro atoms. The van der Waals surface area contributed by atoms with Gasteiger partial charge in [-0.1, -0.05) is 19.8 Å². The Balaban J connectivity index is 1.62. The van der Waals surface area contributed by atoms with Crippen molar-refractivity contribution < 1.29 is 13.2 Å². The lowest BCUT2D eigenvalue weighted by atomic mass is 10.2. The van der Waals surface area contributed by atoms with Crippen molar-refractivity contribution in [1.82, 2.24) is 13.5 Å². The fourth-order valence-corrected chi connectivity index (χ4v) is 6.44. The van der Waals surface area contributed by atoms with Crippen molar-refractivity contribution in [2.75, 3.05) is 39.3 Å². The summed E-state index contributed by atoms with van der Waals surface area (Å²) in [5, 5.41) is 0. The first-order valence-corrected chi connectivity index (χ1v) is 11.8. The van der Waals surface area contributed by atoms with Crippen LogP contribution in [0, 0.1) is 6.92 Å². The molecule has 0 saturated carbocycles. The summed E-state index contributed by atoms with van der Waals surface area (Å²) in [6.45, 7) is 7.08. The van der Waals surface area contributed by atoms with Gasteiger partial charge in [0.05, 0.1) is 4.88 Å². The first-order valence-electron chi connectivity index (χ1n) is 9.57. The van der Waals surface area contributed by atoms with Crippen LogP contribution in [-0.4, -0.2) is 67.1 Å². The minimum Gasteiger partial charge on any atom is -0.335 e. The molecule has 3 heterocycles. The predicted octanol–water partition coefficient (Wildman–Crippen LogP) is 2.50. The van der Waals surface area contributed by atoms with Gasteiger partial charge in [0.25, 0.3) is 16.1 Å². The van der Waals surface area contributed by atoms with E-state index in [1.165, 1.54) is 10.4 Å².